The van der Waals surface area contributed by atoms with Gasteiger partial charge in [0.1, 0.15) is 30.5 Å². The molecule has 1 saturated carbocycles. The summed E-state index contributed by atoms with van der Waals surface area (Å²) in [5.41, 5.74) is -1.53. The van der Waals surface area contributed by atoms with Crippen LogP contribution in [-0.4, -0.2) is 93.6 Å². The molecule has 5 N–H and O–H groups in total. The van der Waals surface area contributed by atoms with Gasteiger partial charge in [0, 0.05) is 23.0 Å². The Kier molecular flexibility index (Phi) is 7.18. The summed E-state index contributed by atoms with van der Waals surface area (Å²) >= 11 is 0. The largest absolute Gasteiger partial charge is 0.472 e. The Labute approximate surface area is 218 Å². The highest BCUT2D eigenvalue weighted by molar-refractivity contribution is 5.90. The third-order valence-corrected chi connectivity index (χ3v) is 8.88. The van der Waals surface area contributed by atoms with Gasteiger partial charge in [-0.3, -0.25) is 0 Å². The van der Waals surface area contributed by atoms with E-state index in [0.29, 0.717) is 36.0 Å². The monoisotopic (exact) mass is 538 g/mol. The molecule has 38 heavy (non-hydrogen) atoms. The van der Waals surface area contributed by atoms with Crippen molar-refractivity contribution in [3.8, 4) is 0 Å². The van der Waals surface area contributed by atoms with E-state index in [1.807, 2.05) is 0 Å². The van der Waals surface area contributed by atoms with Crippen molar-refractivity contribution < 1.29 is 58.5 Å². The lowest BCUT2D eigenvalue weighted by Gasteiger charge is -2.59. The molecule has 0 bridgehead atoms. The minimum atomic E-state index is -2.02. The van der Waals surface area contributed by atoms with Gasteiger partial charge in [-0.1, -0.05) is 6.92 Å². The van der Waals surface area contributed by atoms with Crippen LogP contribution in [0.1, 0.15) is 50.7 Å². The van der Waals surface area contributed by atoms with Gasteiger partial charge in [-0.2, -0.15) is 0 Å². The molecule has 12 nitrogen and oxygen atoms in total. The summed E-state index contributed by atoms with van der Waals surface area (Å²) in [6.45, 7) is 1.15. The zero-order valence-corrected chi connectivity index (χ0v) is 21.2. The summed E-state index contributed by atoms with van der Waals surface area (Å²) in [7, 11) is 1.26. The van der Waals surface area contributed by atoms with Crippen molar-refractivity contribution in [3.63, 3.8) is 0 Å². The summed E-state index contributed by atoms with van der Waals surface area (Å²) in [6.07, 6.45) is -5.09. The number of esters is 2. The maximum atomic E-state index is 13.4. The Morgan fingerprint density at radius 2 is 1.95 bits per heavy atom. The standard InChI is InChI=1S/C26H34O12/c1-25-8-15(12-6-7-35-11-12)38-24(32)26(25,33)9-16(18-13(22(31)34-2)4-3-5-14(18)25)36-23-21(30)20(29)19(28)17(10-27)37-23/h6-7,11,14-17,19-21,23,27-30,33H,3-5,8-10H2,1-2H3/t14-,15+,16+,17-,19-,20+,21-,23-,25+,26-/m1/s1. The number of aliphatic hydroxyl groups is 5. The molecular formula is C26H34O12. The van der Waals surface area contributed by atoms with Crippen molar-refractivity contribution in [3.05, 3.63) is 35.3 Å². The first-order valence-electron chi connectivity index (χ1n) is 12.8. The maximum absolute atomic E-state index is 13.4. The van der Waals surface area contributed by atoms with E-state index in [4.69, 9.17) is 23.4 Å². The van der Waals surface area contributed by atoms with Crippen molar-refractivity contribution in [1.29, 1.82) is 0 Å². The van der Waals surface area contributed by atoms with Crippen LogP contribution in [0.2, 0.25) is 0 Å². The molecule has 0 unspecified atom stereocenters. The van der Waals surface area contributed by atoms with Gasteiger partial charge in [0.2, 0.25) is 0 Å². The molecule has 2 aliphatic carbocycles. The molecule has 1 aromatic heterocycles. The van der Waals surface area contributed by atoms with Crippen LogP contribution < -0.4 is 0 Å². The second-order valence-corrected chi connectivity index (χ2v) is 10.8. The first kappa shape index (κ1) is 27.3. The van der Waals surface area contributed by atoms with Gasteiger partial charge in [0.05, 0.1) is 32.3 Å². The number of furan rings is 1. The minimum absolute atomic E-state index is 0.254. The highest BCUT2D eigenvalue weighted by atomic mass is 16.7. The van der Waals surface area contributed by atoms with Gasteiger partial charge >= 0.3 is 11.9 Å². The van der Waals surface area contributed by atoms with Gasteiger partial charge in [-0.15, -0.1) is 0 Å². The maximum Gasteiger partial charge on any atom is 0.339 e. The van der Waals surface area contributed by atoms with E-state index in [2.05, 4.69) is 0 Å². The molecule has 3 fully saturated rings. The normalized spacial score (nSPS) is 43.2. The molecule has 0 spiro atoms. The number of methoxy groups -OCH3 is 1. The number of hydrogen-bond acceptors (Lipinski definition) is 12. The summed E-state index contributed by atoms with van der Waals surface area (Å²) < 4.78 is 27.5. The third kappa shape index (κ3) is 4.10. The highest BCUT2D eigenvalue weighted by Crippen LogP contribution is 2.62. The van der Waals surface area contributed by atoms with Crippen LogP contribution in [0.25, 0.3) is 0 Å². The molecule has 0 radical (unpaired) electrons. The van der Waals surface area contributed by atoms with Crippen LogP contribution >= 0.6 is 0 Å². The molecule has 4 aliphatic rings. The predicted octanol–water partition coefficient (Wildman–Crippen LogP) is -0.136. The molecule has 210 valence electrons. The second kappa shape index (κ2) is 10.0. The van der Waals surface area contributed by atoms with E-state index in [1.165, 1.54) is 19.6 Å². The lowest BCUT2D eigenvalue weighted by atomic mass is 9.50. The SMILES string of the molecule is COC(=O)C1=C2[C@@H](O[C@@H]3O[C@H](CO)[C@@H](O)[C@H](O)[C@H]3O)C[C@@]3(O)C(=O)O[C@H](c4ccoc4)C[C@@]3(C)[C@@H]2CCC1. The molecule has 2 aliphatic heterocycles. The van der Waals surface area contributed by atoms with E-state index in [1.54, 1.807) is 13.0 Å². The Bertz CT molecular complexity index is 1080. The molecule has 2 saturated heterocycles. The van der Waals surface area contributed by atoms with Gasteiger partial charge in [0.25, 0.3) is 0 Å². The lowest BCUT2D eigenvalue weighted by molar-refractivity contribution is -0.317. The van der Waals surface area contributed by atoms with Crippen LogP contribution in [0.3, 0.4) is 0 Å². The van der Waals surface area contributed by atoms with Crippen LogP contribution in [-0.2, 0) is 28.5 Å². The molecule has 0 amide bonds. The fourth-order valence-corrected chi connectivity index (χ4v) is 6.70. The fourth-order valence-electron chi connectivity index (χ4n) is 6.70. The van der Waals surface area contributed by atoms with Crippen molar-refractivity contribution in [1.82, 2.24) is 0 Å². The van der Waals surface area contributed by atoms with Crippen LogP contribution in [0.4, 0.5) is 0 Å². The lowest BCUT2D eigenvalue weighted by Crippen LogP contribution is -2.67. The van der Waals surface area contributed by atoms with Crippen LogP contribution in [0, 0.1) is 11.3 Å². The number of cyclic esters (lactones) is 1. The molecule has 0 aromatic carbocycles. The zero-order valence-electron chi connectivity index (χ0n) is 21.2. The van der Waals surface area contributed by atoms with Crippen LogP contribution in [0.15, 0.2) is 34.2 Å². The smallest absolute Gasteiger partial charge is 0.339 e. The van der Waals surface area contributed by atoms with E-state index < -0.39 is 78.4 Å². The van der Waals surface area contributed by atoms with Crippen molar-refractivity contribution >= 4 is 11.9 Å². The molecule has 12 heteroatoms. The quantitative estimate of drug-likeness (QED) is 0.313. The Morgan fingerprint density at radius 1 is 1.18 bits per heavy atom. The first-order chi connectivity index (χ1) is 18.1. The Balaban J connectivity index is 1.56. The van der Waals surface area contributed by atoms with E-state index in [0.717, 1.165) is 0 Å². The summed E-state index contributed by atoms with van der Waals surface area (Å²) in [6, 6.07) is 1.69. The van der Waals surface area contributed by atoms with Gasteiger partial charge in [0.15, 0.2) is 11.9 Å². The van der Waals surface area contributed by atoms with Crippen LogP contribution in [0.5, 0.6) is 0 Å². The third-order valence-electron chi connectivity index (χ3n) is 8.88. The van der Waals surface area contributed by atoms with Crippen molar-refractivity contribution in [2.24, 2.45) is 11.3 Å². The first-order valence-corrected chi connectivity index (χ1v) is 12.8. The van der Waals surface area contributed by atoms with Gasteiger partial charge in [-0.25, -0.2) is 9.59 Å². The van der Waals surface area contributed by atoms with Crippen molar-refractivity contribution in [2.75, 3.05) is 13.7 Å². The molecular weight excluding hydrogens is 504 g/mol. The van der Waals surface area contributed by atoms with Gasteiger partial charge < -0.3 is 48.9 Å². The number of rotatable bonds is 5. The molecule has 10 atom stereocenters. The van der Waals surface area contributed by atoms with E-state index >= 15 is 0 Å². The van der Waals surface area contributed by atoms with Gasteiger partial charge in [-0.05, 0) is 43.2 Å². The summed E-state index contributed by atoms with van der Waals surface area (Å²) in [5.74, 6) is -1.91. The fraction of sp³-hybridized carbons (Fsp3) is 0.692. The van der Waals surface area contributed by atoms with Crippen molar-refractivity contribution in [2.45, 2.75) is 87.5 Å². The minimum Gasteiger partial charge on any atom is -0.472 e. The number of carbonyl (C=O) groups is 2. The number of ether oxygens (including phenoxy) is 4. The Hall–Kier alpha value is -2.32. The average Bonchev–Trinajstić information content (AvgIpc) is 3.45. The second-order valence-electron chi connectivity index (χ2n) is 10.8. The number of aliphatic hydroxyl groups excluding tert-OH is 4. The number of hydrogen-bond donors (Lipinski definition) is 5. The summed E-state index contributed by atoms with van der Waals surface area (Å²) in [5, 5.41) is 52.6. The Morgan fingerprint density at radius 3 is 2.61 bits per heavy atom. The number of fused-ring (bicyclic) bond motifs is 3. The summed E-state index contributed by atoms with van der Waals surface area (Å²) in [4.78, 5) is 26.3. The highest BCUT2D eigenvalue weighted by Gasteiger charge is 2.67. The molecule has 5 rings (SSSR count). The van der Waals surface area contributed by atoms with E-state index in [-0.39, 0.29) is 12.8 Å². The number of carbonyl (C=O) groups excluding carboxylic acids is 2. The molecule has 3 heterocycles. The zero-order chi connectivity index (χ0) is 27.4. The average molecular weight is 539 g/mol. The van der Waals surface area contributed by atoms with E-state index in [9.17, 15) is 35.1 Å². The predicted molar refractivity (Wildman–Crippen MR) is 125 cm³/mol. The molecule has 1 aromatic rings. The topological polar surface area (TPSA) is 185 Å².